The van der Waals surface area contributed by atoms with Crippen LogP contribution in [0.1, 0.15) is 30.4 Å². The predicted molar refractivity (Wildman–Crippen MR) is 127 cm³/mol. The molecule has 0 aromatic heterocycles. The van der Waals surface area contributed by atoms with Gasteiger partial charge in [0.1, 0.15) is 7.38 Å². The number of hydrogen-bond donors (Lipinski definition) is 0. The van der Waals surface area contributed by atoms with Gasteiger partial charge in [0.15, 0.2) is 0 Å². The van der Waals surface area contributed by atoms with Gasteiger partial charge in [-0.3, -0.25) is 0 Å². The van der Waals surface area contributed by atoms with Gasteiger partial charge in [0.2, 0.25) is 0 Å². The third-order valence-electron chi connectivity index (χ3n) is 4.49. The molecule has 8 heteroatoms. The molecule has 0 radical (unpaired) electrons. The Morgan fingerprint density at radius 2 is 1.40 bits per heavy atom. The van der Waals surface area contributed by atoms with Crippen molar-refractivity contribution in [2.24, 2.45) is 0 Å². The molecule has 0 fully saturated rings. The number of aryl methyl sites for hydroxylation is 1. The van der Waals surface area contributed by atoms with Gasteiger partial charge in [-0.1, -0.05) is 50.7 Å². The molecule has 0 heterocycles. The monoisotopic (exact) mass is 492 g/mol. The van der Waals surface area contributed by atoms with E-state index in [1.165, 1.54) is 11.1 Å². The average Bonchev–Trinajstić information content (AvgIpc) is 2.44. The van der Waals surface area contributed by atoms with Gasteiger partial charge >= 0.3 is 0 Å². The van der Waals surface area contributed by atoms with E-state index in [9.17, 15) is 0 Å². The Kier molecular flexibility index (Phi) is 9.94. The van der Waals surface area contributed by atoms with Crippen LogP contribution in [-0.2, 0) is 0 Å². The fraction of sp³-hybridized carbons (Fsp3) is 0.647. The molecule has 0 aliphatic rings. The van der Waals surface area contributed by atoms with E-state index in [1.807, 2.05) is 0 Å². The van der Waals surface area contributed by atoms with Crippen molar-refractivity contribution < 1.29 is 0 Å². The Balaban J connectivity index is 2.48. The van der Waals surface area contributed by atoms with Crippen LogP contribution in [0.4, 0.5) is 0 Å². The van der Waals surface area contributed by atoms with Gasteiger partial charge in [0.05, 0.1) is 0 Å². The molecule has 1 unspecified atom stereocenters. The maximum atomic E-state index is 6.73. The third-order valence-corrected chi connectivity index (χ3v) is 15.7. The van der Waals surface area contributed by atoms with Gasteiger partial charge in [0, 0.05) is 0 Å². The number of rotatable bonds is 10. The van der Waals surface area contributed by atoms with Crippen LogP contribution in [0, 0.1) is 6.92 Å². The van der Waals surface area contributed by atoms with Crippen LogP contribution in [0.25, 0.3) is 0 Å². The highest BCUT2D eigenvalue weighted by Crippen LogP contribution is 2.39. The summed E-state index contributed by atoms with van der Waals surface area (Å²) in [6, 6.07) is 12.9. The van der Waals surface area contributed by atoms with Crippen molar-refractivity contribution in [3.8, 4) is 0 Å². The molecule has 0 saturated carbocycles. The highest BCUT2D eigenvalue weighted by molar-refractivity contribution is 7.46. The van der Waals surface area contributed by atoms with Crippen molar-refractivity contribution in [1.29, 1.82) is 0 Å². The highest BCUT2D eigenvalue weighted by Gasteiger charge is 2.35. The topological polar surface area (TPSA) is 0 Å². The van der Waals surface area contributed by atoms with Crippen molar-refractivity contribution in [3.05, 3.63) is 35.4 Å². The summed E-state index contributed by atoms with van der Waals surface area (Å²) in [5.41, 5.74) is 2.64. The molecule has 144 valence electrons. The van der Waals surface area contributed by atoms with Gasteiger partial charge in [-0.15, -0.1) is 44.3 Å². The van der Waals surface area contributed by atoms with Gasteiger partial charge in [-0.25, -0.2) is 0 Å². The molecule has 0 bridgehead atoms. The molecule has 1 aromatic rings. The van der Waals surface area contributed by atoms with Crippen LogP contribution in [0.3, 0.4) is 0 Å². The van der Waals surface area contributed by atoms with Crippen LogP contribution in [0.2, 0.25) is 43.3 Å². The molecular weight excluding hydrogens is 466 g/mol. The normalized spacial score (nSPS) is 14.6. The number of halogens is 5. The lowest BCUT2D eigenvalue weighted by Crippen LogP contribution is -2.26. The van der Waals surface area contributed by atoms with Gasteiger partial charge in [-0.05, 0) is 54.2 Å². The molecular formula is C17H29Cl5Si3. The first-order valence-corrected chi connectivity index (χ1v) is 21.9. The first-order chi connectivity index (χ1) is 11.3. The maximum absolute atomic E-state index is 6.73. The van der Waals surface area contributed by atoms with Crippen molar-refractivity contribution in [1.82, 2.24) is 0 Å². The van der Waals surface area contributed by atoms with E-state index >= 15 is 0 Å². The second-order valence-electron chi connectivity index (χ2n) is 7.75. The second kappa shape index (κ2) is 10.2. The summed E-state index contributed by atoms with van der Waals surface area (Å²) in [6.07, 6.45) is 0.920. The number of hydrogen-bond acceptors (Lipinski definition) is 0. The van der Waals surface area contributed by atoms with Crippen LogP contribution in [-0.4, -0.2) is 20.8 Å². The van der Waals surface area contributed by atoms with Gasteiger partial charge in [-0.2, -0.15) is 11.1 Å². The second-order valence-corrected chi connectivity index (χ2v) is 29.9. The quantitative estimate of drug-likeness (QED) is 0.225. The molecule has 0 amide bonds. The van der Waals surface area contributed by atoms with Crippen molar-refractivity contribution in [3.63, 3.8) is 0 Å². The van der Waals surface area contributed by atoms with Crippen molar-refractivity contribution >= 4 is 76.2 Å². The van der Waals surface area contributed by atoms with E-state index in [2.05, 4.69) is 51.2 Å². The first kappa shape index (κ1) is 24.4. The van der Waals surface area contributed by atoms with Gasteiger partial charge < -0.3 is 0 Å². The van der Waals surface area contributed by atoms with E-state index in [0.717, 1.165) is 36.6 Å². The third kappa shape index (κ3) is 10.4. The van der Waals surface area contributed by atoms with E-state index in [-0.39, 0.29) is 0 Å². The Morgan fingerprint density at radius 3 is 1.96 bits per heavy atom. The summed E-state index contributed by atoms with van der Waals surface area (Å²) in [4.78, 5) is 0. The summed E-state index contributed by atoms with van der Waals surface area (Å²) >= 11 is 33.0. The Morgan fingerprint density at radius 1 is 0.840 bits per heavy atom. The predicted octanol–water partition coefficient (Wildman–Crippen LogP) is 8.77. The zero-order chi connectivity index (χ0) is 19.3. The van der Waals surface area contributed by atoms with E-state index in [4.69, 9.17) is 55.4 Å². The lowest BCUT2D eigenvalue weighted by atomic mass is 9.98. The summed E-state index contributed by atoms with van der Waals surface area (Å²) in [7, 11) is -1.61. The molecule has 0 aliphatic heterocycles. The molecule has 0 N–H and O–H groups in total. The lowest BCUT2D eigenvalue weighted by Gasteiger charge is -2.24. The van der Waals surface area contributed by atoms with E-state index in [0.29, 0.717) is 5.92 Å². The van der Waals surface area contributed by atoms with Crippen molar-refractivity contribution in [2.75, 3.05) is 0 Å². The Labute approximate surface area is 180 Å². The zero-order valence-corrected chi connectivity index (χ0v) is 22.3. The van der Waals surface area contributed by atoms with Crippen LogP contribution < -0.4 is 0 Å². The van der Waals surface area contributed by atoms with Crippen molar-refractivity contribution in [2.45, 2.75) is 69.5 Å². The number of benzene rings is 1. The molecule has 0 nitrogen and oxygen atoms in total. The smallest absolute Gasteiger partial charge is 0.168 e. The summed E-state index contributed by atoms with van der Waals surface area (Å²) in [5.74, 6) is 0.375. The van der Waals surface area contributed by atoms with Crippen LogP contribution >= 0.6 is 55.4 Å². The Hall–Kier alpha value is 1.32. The molecule has 0 spiro atoms. The minimum atomic E-state index is -2.30. The zero-order valence-electron chi connectivity index (χ0n) is 15.5. The standard InChI is InChI=1S/C17H29Cl5Si3/c1-15-8-5-6-9-17(15)16(2)14-25(21,22)11-7-10-24(19,20)13-12-23(3,4)18/h5-6,8-9,16H,7,10-14H2,1-4H3. The molecule has 0 saturated heterocycles. The van der Waals surface area contributed by atoms with Crippen LogP contribution in [0.15, 0.2) is 24.3 Å². The molecule has 1 rings (SSSR count). The minimum Gasteiger partial charge on any atom is -0.168 e. The Bertz CT molecular complexity index is 543. The fourth-order valence-electron chi connectivity index (χ4n) is 3.01. The van der Waals surface area contributed by atoms with E-state index in [1.54, 1.807) is 0 Å². The fourth-order valence-corrected chi connectivity index (χ4v) is 15.7. The van der Waals surface area contributed by atoms with Crippen LogP contribution in [0.5, 0.6) is 0 Å². The minimum absolute atomic E-state index is 0.375. The molecule has 0 aliphatic carbocycles. The summed E-state index contributed by atoms with van der Waals surface area (Å²) < 4.78 is 0. The SMILES string of the molecule is Cc1ccccc1C(C)C[Si](Cl)(Cl)CCC[Si](Cl)(Cl)CC[Si](C)(C)Cl. The highest BCUT2D eigenvalue weighted by atomic mass is 35.7. The molecule has 25 heavy (non-hydrogen) atoms. The average molecular weight is 495 g/mol. The molecule has 1 aromatic carbocycles. The van der Waals surface area contributed by atoms with Gasteiger partial charge in [0.25, 0.3) is 13.4 Å². The summed E-state index contributed by atoms with van der Waals surface area (Å²) in [6.45, 7) is 4.09. The first-order valence-electron chi connectivity index (χ1n) is 8.81. The lowest BCUT2D eigenvalue weighted by molar-refractivity contribution is 0.838. The summed E-state index contributed by atoms with van der Waals surface area (Å²) in [5, 5.41) is 0. The molecule has 1 atom stereocenters. The maximum Gasteiger partial charge on any atom is 0.251 e. The van der Waals surface area contributed by atoms with E-state index < -0.39 is 20.8 Å². The largest absolute Gasteiger partial charge is 0.251 e.